The Morgan fingerprint density at radius 2 is 1.83 bits per heavy atom. The molecule has 1 fully saturated rings. The van der Waals surface area contributed by atoms with Crippen LogP contribution in [0.15, 0.2) is 48.7 Å². The van der Waals surface area contributed by atoms with Crippen LogP contribution in [0.2, 0.25) is 0 Å². The van der Waals surface area contributed by atoms with E-state index in [1.54, 1.807) is 28.8 Å². The molecular formula is C20H23N3O6. The molecule has 1 aromatic carbocycles. The first kappa shape index (κ1) is 19.6. The molecule has 9 nitrogen and oxygen atoms in total. The number of benzene rings is 1. The third-order valence-corrected chi connectivity index (χ3v) is 4.94. The van der Waals surface area contributed by atoms with Crippen molar-refractivity contribution in [2.75, 3.05) is 11.9 Å². The van der Waals surface area contributed by atoms with Crippen LogP contribution in [0.3, 0.4) is 0 Å². The second-order valence-electron chi connectivity index (χ2n) is 6.96. The van der Waals surface area contributed by atoms with E-state index in [0.717, 1.165) is 22.6 Å². The average Bonchev–Trinajstić information content (AvgIpc) is 3.05. The first-order valence-electron chi connectivity index (χ1n) is 9.26. The molecule has 154 valence electrons. The van der Waals surface area contributed by atoms with Crippen LogP contribution in [-0.4, -0.2) is 67.4 Å². The van der Waals surface area contributed by atoms with E-state index in [1.807, 2.05) is 31.3 Å². The molecule has 0 spiro atoms. The SMILES string of the molecule is Cc1nn2ccccc2c1Nc1ccc(O[C@@H]2O[C@H](CO)[C@H](O)[C@H](O)[C@H]2O)cc1. The molecular weight excluding hydrogens is 378 g/mol. The lowest BCUT2D eigenvalue weighted by atomic mass is 9.99. The summed E-state index contributed by atoms with van der Waals surface area (Å²) in [5.41, 5.74) is 3.52. The minimum atomic E-state index is -1.48. The zero-order chi connectivity index (χ0) is 20.5. The van der Waals surface area contributed by atoms with Crippen LogP contribution in [0.1, 0.15) is 5.69 Å². The van der Waals surface area contributed by atoms with Crippen molar-refractivity contribution in [3.63, 3.8) is 0 Å². The summed E-state index contributed by atoms with van der Waals surface area (Å²) in [6, 6.07) is 12.8. The molecule has 0 unspecified atom stereocenters. The van der Waals surface area contributed by atoms with Crippen LogP contribution in [0.4, 0.5) is 11.4 Å². The zero-order valence-electron chi connectivity index (χ0n) is 15.7. The van der Waals surface area contributed by atoms with E-state index in [-0.39, 0.29) is 0 Å². The van der Waals surface area contributed by atoms with E-state index in [0.29, 0.717) is 5.75 Å². The second kappa shape index (κ2) is 7.97. The van der Waals surface area contributed by atoms with Crippen LogP contribution >= 0.6 is 0 Å². The van der Waals surface area contributed by atoms with Crippen molar-refractivity contribution in [1.29, 1.82) is 0 Å². The fourth-order valence-electron chi connectivity index (χ4n) is 3.33. The van der Waals surface area contributed by atoms with Crippen LogP contribution in [0.5, 0.6) is 5.75 Å². The Hall–Kier alpha value is -2.69. The Morgan fingerprint density at radius 3 is 2.55 bits per heavy atom. The minimum absolute atomic E-state index is 0.400. The van der Waals surface area contributed by atoms with Gasteiger partial charge in [-0.25, -0.2) is 4.52 Å². The number of fused-ring (bicyclic) bond motifs is 1. The molecule has 4 rings (SSSR count). The van der Waals surface area contributed by atoms with Gasteiger partial charge in [0.1, 0.15) is 30.2 Å². The highest BCUT2D eigenvalue weighted by Gasteiger charge is 2.44. The van der Waals surface area contributed by atoms with Gasteiger partial charge in [0, 0.05) is 11.9 Å². The molecule has 3 aromatic rings. The van der Waals surface area contributed by atoms with Gasteiger partial charge in [-0.2, -0.15) is 5.10 Å². The molecule has 3 heterocycles. The highest BCUT2D eigenvalue weighted by molar-refractivity contribution is 5.79. The number of aliphatic hydroxyl groups is 4. The lowest BCUT2D eigenvalue weighted by Crippen LogP contribution is -2.60. The van der Waals surface area contributed by atoms with Gasteiger partial charge < -0.3 is 35.2 Å². The molecule has 0 aliphatic carbocycles. The standard InChI is InChI=1S/C20H23N3O6/c1-11-16(14-4-2-3-9-23(14)22-11)21-12-5-7-13(8-6-12)28-20-19(27)18(26)17(25)15(10-24)29-20/h2-9,15,17-21,24-27H,10H2,1H3/t15-,17+,18+,19-,20-/m1/s1. The lowest BCUT2D eigenvalue weighted by molar-refractivity contribution is -0.277. The number of hydrogen-bond donors (Lipinski definition) is 5. The summed E-state index contributed by atoms with van der Waals surface area (Å²) in [5.74, 6) is 0.400. The Balaban J connectivity index is 1.47. The number of nitrogens with zero attached hydrogens (tertiary/aromatic N) is 2. The van der Waals surface area contributed by atoms with Gasteiger partial charge in [0.25, 0.3) is 0 Å². The number of aromatic nitrogens is 2. The molecule has 0 amide bonds. The normalized spacial score (nSPS) is 27.1. The third kappa shape index (κ3) is 3.78. The Labute approximate surface area is 166 Å². The van der Waals surface area contributed by atoms with Gasteiger partial charge in [0.15, 0.2) is 0 Å². The minimum Gasteiger partial charge on any atom is -0.462 e. The van der Waals surface area contributed by atoms with Gasteiger partial charge in [-0.1, -0.05) is 6.07 Å². The van der Waals surface area contributed by atoms with E-state index in [4.69, 9.17) is 9.47 Å². The van der Waals surface area contributed by atoms with E-state index in [1.165, 1.54) is 0 Å². The molecule has 1 aliphatic rings. The molecule has 5 atom stereocenters. The summed E-state index contributed by atoms with van der Waals surface area (Å²) in [7, 11) is 0. The first-order valence-corrected chi connectivity index (χ1v) is 9.26. The molecule has 29 heavy (non-hydrogen) atoms. The van der Waals surface area contributed by atoms with Gasteiger partial charge in [-0.3, -0.25) is 0 Å². The summed E-state index contributed by atoms with van der Waals surface area (Å²) in [6.07, 6.45) is -4.71. The maximum absolute atomic E-state index is 10.1. The average molecular weight is 401 g/mol. The topological polar surface area (TPSA) is 129 Å². The van der Waals surface area contributed by atoms with Gasteiger partial charge >= 0.3 is 0 Å². The number of pyridine rings is 1. The smallest absolute Gasteiger partial charge is 0.229 e. The third-order valence-electron chi connectivity index (χ3n) is 4.94. The van der Waals surface area contributed by atoms with Crippen LogP contribution < -0.4 is 10.1 Å². The van der Waals surface area contributed by atoms with Crippen molar-refractivity contribution in [3.05, 3.63) is 54.4 Å². The van der Waals surface area contributed by atoms with Crippen LogP contribution in [0, 0.1) is 6.92 Å². The van der Waals surface area contributed by atoms with Crippen LogP contribution in [0.25, 0.3) is 5.52 Å². The Bertz CT molecular complexity index is 974. The maximum atomic E-state index is 10.1. The van der Waals surface area contributed by atoms with E-state index in [2.05, 4.69) is 10.4 Å². The second-order valence-corrected chi connectivity index (χ2v) is 6.96. The van der Waals surface area contributed by atoms with Crippen molar-refractivity contribution in [2.24, 2.45) is 0 Å². The first-order chi connectivity index (χ1) is 14.0. The van der Waals surface area contributed by atoms with Crippen molar-refractivity contribution in [2.45, 2.75) is 37.6 Å². The summed E-state index contributed by atoms with van der Waals surface area (Å²) in [6.45, 7) is 1.42. The van der Waals surface area contributed by atoms with E-state index < -0.39 is 37.3 Å². The molecule has 0 saturated carbocycles. The predicted molar refractivity (Wildman–Crippen MR) is 104 cm³/mol. The molecule has 0 radical (unpaired) electrons. The Morgan fingerprint density at radius 1 is 1.07 bits per heavy atom. The largest absolute Gasteiger partial charge is 0.462 e. The highest BCUT2D eigenvalue weighted by Crippen LogP contribution is 2.28. The predicted octanol–water partition coefficient (Wildman–Crippen LogP) is 0.565. The lowest BCUT2D eigenvalue weighted by Gasteiger charge is -2.39. The van der Waals surface area contributed by atoms with E-state index in [9.17, 15) is 20.4 Å². The van der Waals surface area contributed by atoms with E-state index >= 15 is 0 Å². The number of hydrogen-bond acceptors (Lipinski definition) is 8. The maximum Gasteiger partial charge on any atom is 0.229 e. The van der Waals surface area contributed by atoms with Gasteiger partial charge in [0.2, 0.25) is 6.29 Å². The van der Waals surface area contributed by atoms with Crippen molar-refractivity contribution in [1.82, 2.24) is 9.61 Å². The molecule has 1 aliphatic heterocycles. The summed E-state index contributed by atoms with van der Waals surface area (Å²) >= 11 is 0. The van der Waals surface area contributed by atoms with Gasteiger partial charge in [0.05, 0.1) is 23.5 Å². The Kier molecular flexibility index (Phi) is 5.39. The number of anilines is 2. The number of ether oxygens (including phenoxy) is 2. The quantitative estimate of drug-likeness (QED) is 0.420. The van der Waals surface area contributed by atoms with Crippen molar-refractivity contribution >= 4 is 16.9 Å². The number of aryl methyl sites for hydroxylation is 1. The number of rotatable bonds is 5. The van der Waals surface area contributed by atoms with Crippen molar-refractivity contribution < 1.29 is 29.9 Å². The fourth-order valence-corrected chi connectivity index (χ4v) is 3.33. The molecule has 0 bridgehead atoms. The zero-order valence-corrected chi connectivity index (χ0v) is 15.7. The van der Waals surface area contributed by atoms with Crippen molar-refractivity contribution in [3.8, 4) is 5.75 Å². The van der Waals surface area contributed by atoms with Crippen LogP contribution in [-0.2, 0) is 4.74 Å². The summed E-state index contributed by atoms with van der Waals surface area (Å²) < 4.78 is 12.8. The number of aliphatic hydroxyl groups excluding tert-OH is 4. The summed E-state index contributed by atoms with van der Waals surface area (Å²) in [5, 5.41) is 46.8. The highest BCUT2D eigenvalue weighted by atomic mass is 16.7. The fraction of sp³-hybridized carbons (Fsp3) is 0.350. The summed E-state index contributed by atoms with van der Waals surface area (Å²) in [4.78, 5) is 0. The molecule has 2 aromatic heterocycles. The van der Waals surface area contributed by atoms with Gasteiger partial charge in [-0.05, 0) is 43.3 Å². The monoisotopic (exact) mass is 401 g/mol. The molecule has 1 saturated heterocycles. The number of nitrogens with one attached hydrogen (secondary N) is 1. The van der Waals surface area contributed by atoms with Gasteiger partial charge in [-0.15, -0.1) is 0 Å². The molecule has 9 heteroatoms. The molecule has 5 N–H and O–H groups in total.